The zero-order valence-electron chi connectivity index (χ0n) is 18.9. The lowest BCUT2D eigenvalue weighted by Gasteiger charge is -2.24. The molecule has 2 amide bonds. The summed E-state index contributed by atoms with van der Waals surface area (Å²) in [5, 5.41) is 5.45. The fourth-order valence-corrected chi connectivity index (χ4v) is 3.15. The number of carbonyl (C=O) groups is 3. The van der Waals surface area contributed by atoms with Crippen molar-refractivity contribution >= 4 is 17.8 Å². The van der Waals surface area contributed by atoms with E-state index >= 15 is 0 Å². The van der Waals surface area contributed by atoms with Crippen molar-refractivity contribution in [2.24, 2.45) is 0 Å². The summed E-state index contributed by atoms with van der Waals surface area (Å²) in [5.41, 5.74) is 0.986. The van der Waals surface area contributed by atoms with E-state index in [-0.39, 0.29) is 17.8 Å². The van der Waals surface area contributed by atoms with E-state index < -0.39 is 29.4 Å². The van der Waals surface area contributed by atoms with E-state index in [9.17, 15) is 14.4 Å². The summed E-state index contributed by atoms with van der Waals surface area (Å²) in [5.74, 6) is -1.68. The van der Waals surface area contributed by atoms with Crippen LogP contribution in [0, 0.1) is 0 Å². The zero-order chi connectivity index (χ0) is 23.8. The highest BCUT2D eigenvalue weighted by atomic mass is 16.6. The molecule has 0 unspecified atom stereocenters. The van der Waals surface area contributed by atoms with Crippen LogP contribution in [0.2, 0.25) is 0 Å². The number of H-pyrrole nitrogens is 1. The molecule has 8 heteroatoms. The average molecular weight is 449 g/mol. The Kier molecular flexibility index (Phi) is 7.61. The second kappa shape index (κ2) is 10.6. The van der Waals surface area contributed by atoms with Gasteiger partial charge in [0.05, 0.1) is 6.33 Å². The maximum atomic E-state index is 13.0. The van der Waals surface area contributed by atoms with Gasteiger partial charge >= 0.3 is 5.97 Å². The molecule has 3 aromatic rings. The molecule has 0 saturated heterocycles. The molecule has 172 valence electrons. The highest BCUT2D eigenvalue weighted by Gasteiger charge is 2.29. The third kappa shape index (κ3) is 7.03. The second-order valence-electron chi connectivity index (χ2n) is 8.54. The van der Waals surface area contributed by atoms with Gasteiger partial charge in [-0.05, 0) is 31.9 Å². The molecule has 8 nitrogen and oxygen atoms in total. The molecule has 3 rings (SSSR count). The number of aromatic nitrogens is 2. The summed E-state index contributed by atoms with van der Waals surface area (Å²) in [6.45, 7) is 5.58. The lowest BCUT2D eigenvalue weighted by molar-refractivity contribution is -0.157. The van der Waals surface area contributed by atoms with Crippen LogP contribution in [0.1, 0.15) is 52.9 Å². The van der Waals surface area contributed by atoms with Crippen molar-refractivity contribution in [3.63, 3.8) is 0 Å². The Labute approximate surface area is 192 Å². The monoisotopic (exact) mass is 448 g/mol. The maximum Gasteiger partial charge on any atom is 0.329 e. The van der Waals surface area contributed by atoms with Gasteiger partial charge in [0.1, 0.15) is 17.3 Å². The quantitative estimate of drug-likeness (QED) is 0.459. The minimum absolute atomic E-state index is 0.0195. The standard InChI is InChI=1S/C25H28N4O4/c1-25(2,3)33-24(32)19(14-17-10-6-4-7-11-17)29-23(31)21-20(27-16-28-21)22(30)26-15-18-12-8-5-9-13-18/h4-13,16,19H,14-15H2,1-3H3,(H,26,30)(H,27,28)(H,29,31)/t19-/m0/s1. The van der Waals surface area contributed by atoms with Crippen LogP contribution in [0.25, 0.3) is 0 Å². The van der Waals surface area contributed by atoms with Crippen molar-refractivity contribution < 1.29 is 19.1 Å². The minimum atomic E-state index is -0.948. The van der Waals surface area contributed by atoms with Gasteiger partial charge in [0.15, 0.2) is 5.69 Å². The van der Waals surface area contributed by atoms with Crippen LogP contribution < -0.4 is 10.6 Å². The number of rotatable bonds is 8. The molecule has 1 atom stereocenters. The molecule has 0 aliphatic rings. The second-order valence-corrected chi connectivity index (χ2v) is 8.54. The first-order valence-corrected chi connectivity index (χ1v) is 10.7. The SMILES string of the molecule is CC(C)(C)OC(=O)[C@H](Cc1ccccc1)NC(=O)c1nc[nH]c1C(=O)NCc1ccccc1. The Bertz CT molecular complexity index is 1090. The molecule has 0 radical (unpaired) electrons. The summed E-state index contributed by atoms with van der Waals surface area (Å²) < 4.78 is 5.49. The minimum Gasteiger partial charge on any atom is -0.458 e. The highest BCUT2D eigenvalue weighted by Crippen LogP contribution is 2.13. The van der Waals surface area contributed by atoms with Gasteiger partial charge in [-0.3, -0.25) is 9.59 Å². The molecule has 0 saturated carbocycles. The first kappa shape index (κ1) is 23.7. The van der Waals surface area contributed by atoms with E-state index in [1.54, 1.807) is 20.8 Å². The fourth-order valence-electron chi connectivity index (χ4n) is 3.15. The van der Waals surface area contributed by atoms with Crippen LogP contribution in [0.3, 0.4) is 0 Å². The Morgan fingerprint density at radius 1 is 0.939 bits per heavy atom. The third-order valence-corrected chi connectivity index (χ3v) is 4.66. The van der Waals surface area contributed by atoms with Crippen molar-refractivity contribution in [2.45, 2.75) is 45.4 Å². The van der Waals surface area contributed by atoms with E-state index in [4.69, 9.17) is 4.74 Å². The summed E-state index contributed by atoms with van der Waals surface area (Å²) in [6, 6.07) is 17.8. The Morgan fingerprint density at radius 3 is 2.15 bits per heavy atom. The van der Waals surface area contributed by atoms with Gasteiger partial charge in [0.2, 0.25) is 0 Å². The summed E-state index contributed by atoms with van der Waals surface area (Å²) >= 11 is 0. The predicted molar refractivity (Wildman–Crippen MR) is 123 cm³/mol. The van der Waals surface area contributed by atoms with Crippen molar-refractivity contribution in [3.05, 3.63) is 89.5 Å². The number of hydrogen-bond acceptors (Lipinski definition) is 5. The van der Waals surface area contributed by atoms with Crippen LogP contribution in [-0.4, -0.2) is 39.4 Å². The highest BCUT2D eigenvalue weighted by molar-refractivity contribution is 6.05. The van der Waals surface area contributed by atoms with Crippen LogP contribution in [0.15, 0.2) is 67.0 Å². The first-order valence-electron chi connectivity index (χ1n) is 10.7. The van der Waals surface area contributed by atoms with Crippen molar-refractivity contribution in [1.82, 2.24) is 20.6 Å². The van der Waals surface area contributed by atoms with Crippen LogP contribution in [0.4, 0.5) is 0 Å². The molecule has 0 spiro atoms. The van der Waals surface area contributed by atoms with Gasteiger partial charge in [-0.1, -0.05) is 60.7 Å². The summed E-state index contributed by atoms with van der Waals surface area (Å²) in [7, 11) is 0. The van der Waals surface area contributed by atoms with Crippen LogP contribution in [-0.2, 0) is 22.5 Å². The number of aromatic amines is 1. The summed E-state index contributed by atoms with van der Waals surface area (Å²) in [6.07, 6.45) is 1.51. The Morgan fingerprint density at radius 2 is 1.55 bits per heavy atom. The predicted octanol–water partition coefficient (Wildman–Crippen LogP) is 3.02. The van der Waals surface area contributed by atoms with Crippen LogP contribution >= 0.6 is 0 Å². The Balaban J connectivity index is 1.73. The molecule has 0 aliphatic heterocycles. The maximum absolute atomic E-state index is 13.0. The molecule has 1 aromatic heterocycles. The van der Waals surface area contributed by atoms with Gasteiger partial charge in [-0.2, -0.15) is 0 Å². The third-order valence-electron chi connectivity index (χ3n) is 4.66. The van der Waals surface area contributed by atoms with Crippen molar-refractivity contribution in [2.75, 3.05) is 0 Å². The topological polar surface area (TPSA) is 113 Å². The molecule has 1 heterocycles. The number of hydrogen-bond donors (Lipinski definition) is 3. The van der Waals surface area contributed by atoms with E-state index in [1.165, 1.54) is 6.33 Å². The van der Waals surface area contributed by atoms with E-state index in [0.717, 1.165) is 11.1 Å². The van der Waals surface area contributed by atoms with Crippen molar-refractivity contribution in [3.8, 4) is 0 Å². The first-order chi connectivity index (χ1) is 15.7. The van der Waals surface area contributed by atoms with E-state index in [1.807, 2.05) is 60.7 Å². The number of carbonyl (C=O) groups excluding carboxylic acids is 3. The van der Waals surface area contributed by atoms with Gasteiger partial charge in [0, 0.05) is 13.0 Å². The molecule has 0 fully saturated rings. The van der Waals surface area contributed by atoms with Crippen LogP contribution in [0.5, 0.6) is 0 Å². The lowest BCUT2D eigenvalue weighted by atomic mass is 10.1. The van der Waals surface area contributed by atoms with Crippen molar-refractivity contribution in [1.29, 1.82) is 0 Å². The number of benzene rings is 2. The normalized spacial score (nSPS) is 12.0. The van der Waals surface area contributed by atoms with E-state index in [2.05, 4.69) is 20.6 Å². The molecule has 0 aliphatic carbocycles. The van der Waals surface area contributed by atoms with E-state index in [0.29, 0.717) is 6.54 Å². The summed E-state index contributed by atoms with van der Waals surface area (Å²) in [4.78, 5) is 45.2. The number of ether oxygens (including phenoxy) is 1. The number of esters is 1. The molecular formula is C25H28N4O4. The van der Waals surface area contributed by atoms with Gasteiger partial charge in [-0.15, -0.1) is 0 Å². The fraction of sp³-hybridized carbons (Fsp3) is 0.280. The number of imidazole rings is 1. The number of amides is 2. The van der Waals surface area contributed by atoms with Gasteiger partial charge in [-0.25, -0.2) is 9.78 Å². The molecular weight excluding hydrogens is 420 g/mol. The Hall–Kier alpha value is -3.94. The molecule has 2 aromatic carbocycles. The number of nitrogens with one attached hydrogen (secondary N) is 3. The molecule has 0 bridgehead atoms. The smallest absolute Gasteiger partial charge is 0.329 e. The van der Waals surface area contributed by atoms with Gasteiger partial charge in [0.25, 0.3) is 11.8 Å². The van der Waals surface area contributed by atoms with Gasteiger partial charge < -0.3 is 20.4 Å². The zero-order valence-corrected chi connectivity index (χ0v) is 18.9. The average Bonchev–Trinajstić information content (AvgIpc) is 3.27. The molecule has 3 N–H and O–H groups in total. The number of nitrogens with zero attached hydrogens (tertiary/aromatic N) is 1. The largest absolute Gasteiger partial charge is 0.458 e. The molecule has 33 heavy (non-hydrogen) atoms. The lowest BCUT2D eigenvalue weighted by Crippen LogP contribution is -2.46.